The van der Waals surface area contributed by atoms with Crippen molar-refractivity contribution in [1.29, 1.82) is 0 Å². The molecular formula is C18H18N4O2S. The van der Waals surface area contributed by atoms with Gasteiger partial charge in [-0.25, -0.2) is 4.98 Å². The molecule has 0 spiro atoms. The summed E-state index contributed by atoms with van der Waals surface area (Å²) in [6, 6.07) is 5.50. The van der Waals surface area contributed by atoms with Crippen LogP contribution in [0.4, 0.5) is 0 Å². The lowest BCUT2D eigenvalue weighted by Crippen LogP contribution is -2.37. The van der Waals surface area contributed by atoms with Crippen molar-refractivity contribution < 1.29 is 9.59 Å². The molecule has 128 valence electrons. The van der Waals surface area contributed by atoms with Crippen LogP contribution in [0.15, 0.2) is 47.5 Å². The number of thiophene rings is 1. The summed E-state index contributed by atoms with van der Waals surface area (Å²) in [6.07, 6.45) is 6.14. The lowest BCUT2D eigenvalue weighted by molar-refractivity contribution is 0.0719. The highest BCUT2D eigenvalue weighted by molar-refractivity contribution is 7.08. The minimum Gasteiger partial charge on any atom is -0.337 e. The van der Waals surface area contributed by atoms with Gasteiger partial charge in [-0.15, -0.1) is 0 Å². The quantitative estimate of drug-likeness (QED) is 0.710. The van der Waals surface area contributed by atoms with Crippen LogP contribution in [-0.4, -0.2) is 57.2 Å². The van der Waals surface area contributed by atoms with Crippen molar-refractivity contribution in [3.05, 3.63) is 58.7 Å². The van der Waals surface area contributed by atoms with E-state index in [0.717, 1.165) is 17.6 Å². The molecule has 1 aliphatic rings. The number of hydrogen-bond acceptors (Lipinski definition) is 4. The van der Waals surface area contributed by atoms with E-state index in [1.165, 1.54) is 11.3 Å². The van der Waals surface area contributed by atoms with E-state index in [1.54, 1.807) is 6.20 Å². The van der Waals surface area contributed by atoms with E-state index < -0.39 is 0 Å². The minimum absolute atomic E-state index is 0.000400. The van der Waals surface area contributed by atoms with Gasteiger partial charge in [0.25, 0.3) is 11.8 Å². The number of fused-ring (bicyclic) bond motifs is 1. The van der Waals surface area contributed by atoms with Gasteiger partial charge in [0.1, 0.15) is 5.65 Å². The highest BCUT2D eigenvalue weighted by atomic mass is 32.1. The van der Waals surface area contributed by atoms with Gasteiger partial charge in [0.05, 0.1) is 11.1 Å². The molecule has 4 rings (SSSR count). The number of nitrogens with zero attached hydrogens (tertiary/aromatic N) is 4. The van der Waals surface area contributed by atoms with Gasteiger partial charge in [0, 0.05) is 50.1 Å². The summed E-state index contributed by atoms with van der Waals surface area (Å²) in [5, 5.41) is 3.78. The summed E-state index contributed by atoms with van der Waals surface area (Å²) in [7, 11) is 0. The standard InChI is InChI=1S/C18H18N4O2S/c23-17(14-2-3-16-19-5-8-22(16)12-14)20-6-1-7-21(10-9-20)18(24)15-4-11-25-13-15/h2-5,8,11-13H,1,6-7,9-10H2. The second kappa shape index (κ2) is 6.68. The molecule has 0 N–H and O–H groups in total. The molecule has 0 unspecified atom stereocenters. The van der Waals surface area contributed by atoms with Gasteiger partial charge in [-0.05, 0) is 30.0 Å². The second-order valence-electron chi connectivity index (χ2n) is 6.06. The Morgan fingerprint density at radius 2 is 1.72 bits per heavy atom. The molecule has 25 heavy (non-hydrogen) atoms. The third-order valence-electron chi connectivity index (χ3n) is 4.47. The third-order valence-corrected chi connectivity index (χ3v) is 5.16. The molecule has 6 nitrogen and oxygen atoms in total. The normalized spacial score (nSPS) is 15.4. The Morgan fingerprint density at radius 3 is 2.44 bits per heavy atom. The van der Waals surface area contributed by atoms with Gasteiger partial charge in [0.2, 0.25) is 0 Å². The number of imidazole rings is 1. The smallest absolute Gasteiger partial charge is 0.255 e. The van der Waals surface area contributed by atoms with Gasteiger partial charge in [-0.3, -0.25) is 9.59 Å². The number of carbonyl (C=O) groups excluding carboxylic acids is 2. The van der Waals surface area contributed by atoms with E-state index in [9.17, 15) is 9.59 Å². The molecule has 7 heteroatoms. The first-order valence-corrected chi connectivity index (χ1v) is 9.20. The molecule has 2 amide bonds. The Bertz CT molecular complexity index is 903. The molecule has 3 aromatic rings. The van der Waals surface area contributed by atoms with E-state index in [-0.39, 0.29) is 11.8 Å². The SMILES string of the molecule is O=C(c1ccsc1)N1CCCN(C(=O)c2ccc3nccn3c2)CC1. The summed E-state index contributed by atoms with van der Waals surface area (Å²) >= 11 is 1.52. The summed E-state index contributed by atoms with van der Waals surface area (Å²) in [4.78, 5) is 33.2. The Labute approximate surface area is 149 Å². The molecule has 0 atom stereocenters. The largest absolute Gasteiger partial charge is 0.337 e. The average molecular weight is 354 g/mol. The molecule has 4 heterocycles. The summed E-state index contributed by atoms with van der Waals surface area (Å²) in [5.41, 5.74) is 2.19. The number of aromatic nitrogens is 2. The second-order valence-corrected chi connectivity index (χ2v) is 6.84. The van der Waals surface area contributed by atoms with Crippen LogP contribution in [0.1, 0.15) is 27.1 Å². The van der Waals surface area contributed by atoms with Gasteiger partial charge < -0.3 is 14.2 Å². The van der Waals surface area contributed by atoms with Crippen LogP contribution < -0.4 is 0 Å². The van der Waals surface area contributed by atoms with Gasteiger partial charge in [0.15, 0.2) is 0 Å². The lowest BCUT2D eigenvalue weighted by Gasteiger charge is -2.22. The molecule has 0 saturated carbocycles. The van der Waals surface area contributed by atoms with Gasteiger partial charge >= 0.3 is 0 Å². The first-order valence-electron chi connectivity index (χ1n) is 8.26. The third kappa shape index (κ3) is 3.15. The lowest BCUT2D eigenvalue weighted by atomic mass is 10.2. The van der Waals surface area contributed by atoms with E-state index >= 15 is 0 Å². The Kier molecular flexibility index (Phi) is 4.23. The molecule has 3 aromatic heterocycles. The summed E-state index contributed by atoms with van der Waals surface area (Å²) < 4.78 is 1.84. The van der Waals surface area contributed by atoms with Crippen molar-refractivity contribution in [2.75, 3.05) is 26.2 Å². The fourth-order valence-corrected chi connectivity index (χ4v) is 3.75. The minimum atomic E-state index is 0.000400. The maximum atomic E-state index is 12.8. The zero-order valence-electron chi connectivity index (χ0n) is 13.7. The Hall–Kier alpha value is -2.67. The van der Waals surface area contributed by atoms with Crippen LogP contribution >= 0.6 is 11.3 Å². The monoisotopic (exact) mass is 354 g/mol. The van der Waals surface area contributed by atoms with Crippen molar-refractivity contribution in [3.63, 3.8) is 0 Å². The summed E-state index contributed by atoms with van der Waals surface area (Å²) in [5.74, 6) is 0.0517. The summed E-state index contributed by atoms with van der Waals surface area (Å²) in [6.45, 7) is 2.46. The van der Waals surface area contributed by atoms with E-state index in [1.807, 2.05) is 55.6 Å². The zero-order chi connectivity index (χ0) is 17.2. The van der Waals surface area contributed by atoms with Crippen LogP contribution in [0.25, 0.3) is 5.65 Å². The van der Waals surface area contributed by atoms with Gasteiger partial charge in [-0.2, -0.15) is 11.3 Å². The fourth-order valence-electron chi connectivity index (χ4n) is 3.12. The number of rotatable bonds is 2. The first kappa shape index (κ1) is 15.8. The van der Waals surface area contributed by atoms with Crippen molar-refractivity contribution in [2.45, 2.75) is 6.42 Å². The molecule has 0 bridgehead atoms. The molecule has 0 radical (unpaired) electrons. The average Bonchev–Trinajstić information content (AvgIpc) is 3.27. The molecular weight excluding hydrogens is 336 g/mol. The maximum absolute atomic E-state index is 12.8. The predicted molar refractivity (Wildman–Crippen MR) is 95.9 cm³/mol. The highest BCUT2D eigenvalue weighted by Gasteiger charge is 2.23. The Balaban J connectivity index is 1.46. The van der Waals surface area contributed by atoms with Crippen LogP contribution in [-0.2, 0) is 0 Å². The van der Waals surface area contributed by atoms with Crippen molar-refractivity contribution in [1.82, 2.24) is 19.2 Å². The first-order chi connectivity index (χ1) is 12.2. The fraction of sp³-hybridized carbons (Fsp3) is 0.278. The van der Waals surface area contributed by atoms with Crippen molar-refractivity contribution >= 4 is 28.8 Å². The van der Waals surface area contributed by atoms with Crippen LogP contribution in [0.2, 0.25) is 0 Å². The van der Waals surface area contributed by atoms with Crippen molar-refractivity contribution in [3.8, 4) is 0 Å². The predicted octanol–water partition coefficient (Wildman–Crippen LogP) is 2.38. The van der Waals surface area contributed by atoms with E-state index in [4.69, 9.17) is 0 Å². The molecule has 0 aliphatic carbocycles. The van der Waals surface area contributed by atoms with E-state index in [0.29, 0.717) is 31.7 Å². The maximum Gasteiger partial charge on any atom is 0.255 e. The number of pyridine rings is 1. The van der Waals surface area contributed by atoms with Crippen molar-refractivity contribution in [2.24, 2.45) is 0 Å². The van der Waals surface area contributed by atoms with Crippen LogP contribution in [0, 0.1) is 0 Å². The van der Waals surface area contributed by atoms with E-state index in [2.05, 4.69) is 4.98 Å². The number of hydrogen-bond donors (Lipinski definition) is 0. The Morgan fingerprint density at radius 1 is 0.960 bits per heavy atom. The van der Waals surface area contributed by atoms with Crippen LogP contribution in [0.3, 0.4) is 0 Å². The zero-order valence-corrected chi connectivity index (χ0v) is 14.5. The van der Waals surface area contributed by atoms with Gasteiger partial charge in [-0.1, -0.05) is 0 Å². The molecule has 1 saturated heterocycles. The molecule has 1 fully saturated rings. The molecule has 1 aliphatic heterocycles. The number of amides is 2. The highest BCUT2D eigenvalue weighted by Crippen LogP contribution is 2.14. The van der Waals surface area contributed by atoms with Crippen LogP contribution in [0.5, 0.6) is 0 Å². The topological polar surface area (TPSA) is 57.9 Å². The molecule has 0 aromatic carbocycles. The number of carbonyl (C=O) groups is 2.